The third-order valence-electron chi connectivity index (χ3n) is 31.5. The summed E-state index contributed by atoms with van der Waals surface area (Å²) in [5, 5.41) is 2.28. The van der Waals surface area contributed by atoms with Gasteiger partial charge in [-0.1, -0.05) is 330 Å². The molecule has 0 atom stereocenters. The number of aryl methyl sites for hydroxylation is 7. The Morgan fingerprint density at radius 2 is 0.365 bits per heavy atom. The van der Waals surface area contributed by atoms with Crippen LogP contribution in [0, 0.1) is 66.7 Å². The summed E-state index contributed by atoms with van der Waals surface area (Å²) in [5.74, 6) is 0. The molecule has 148 heavy (non-hydrogen) atoms. The Kier molecular flexibility index (Phi) is 22.9. The molecule has 4 aromatic heterocycles. The molecule has 0 bridgehead atoms. The molecule has 704 valence electrons. The molecule has 23 aromatic rings. The van der Waals surface area contributed by atoms with Crippen LogP contribution < -0.4 is 0 Å². The minimum Gasteiger partial charge on any atom is -0.456 e. The van der Waals surface area contributed by atoms with E-state index in [1.807, 2.05) is 91.4 Å². The average molecular weight is 2070 g/mol. The van der Waals surface area contributed by atoms with E-state index in [2.05, 4.69) is 397 Å². The molecule has 0 unspecified atom stereocenters. The Bertz CT molecular complexity index is 8700. The summed E-state index contributed by atoms with van der Waals surface area (Å²) in [6.45, 7) is 15.3. The summed E-state index contributed by atoms with van der Waals surface area (Å²) in [7, 11) is 0. The molecule has 0 aliphatic heterocycles. The number of hydrogen-bond acceptors (Lipinski definition) is 4. The Morgan fingerprint density at radius 1 is 0.176 bits per heavy atom. The van der Waals surface area contributed by atoms with Crippen LogP contribution in [0.25, 0.3) is 211 Å². The largest absolute Gasteiger partial charge is 3.00 e. The molecule has 7 aliphatic carbocycles. The van der Waals surface area contributed by atoms with Crippen molar-refractivity contribution in [2.24, 2.45) is 0 Å². The van der Waals surface area contributed by atoms with Gasteiger partial charge in [-0.3, -0.25) is 0 Å². The molecular formula is C143H102IrN3O. The summed E-state index contributed by atoms with van der Waals surface area (Å²) in [5.41, 5.74) is 73.1. The summed E-state index contributed by atoms with van der Waals surface area (Å²) in [6.07, 6.45) is 12.3. The first-order valence-corrected chi connectivity index (χ1v) is 51.5. The van der Waals surface area contributed by atoms with Gasteiger partial charge in [-0.15, -0.1) is 106 Å². The fourth-order valence-electron chi connectivity index (χ4n) is 24.4. The number of aromatic nitrogens is 3. The number of fused-ring (bicyclic) bond motifs is 24. The number of hydrogen-bond donors (Lipinski definition) is 0. The molecule has 0 saturated heterocycles. The number of furan rings is 1. The molecule has 4 nitrogen and oxygen atoms in total. The molecule has 0 spiro atoms. The molecule has 30 rings (SSSR count). The zero-order valence-corrected chi connectivity index (χ0v) is 86.1. The number of benzene rings is 19. The van der Waals surface area contributed by atoms with E-state index in [4.69, 9.17) is 4.42 Å². The Balaban J connectivity index is 0.000000115. The SMILES string of the molecule is Cc1ccc2c(c1)Cc1cc(-c3cc4oc5cc(-c6ccc7c(c6)Cc6cc(C)ccc6-7)c(-c6ccc7c(c6)Cc6cc(C)ccc6-7)cc5c4cc3-c3ccc4c(c3)Cc3cc(C)ccc3-4)ccc1-2.Cc1ccc2c(c1)Cc1cc(-c3cc[c-]c(-c4ccccn4)c3)ccc1-2.Cc1ccc2c(c1)Cc1cc(-c3cc[c-]c(-c4ccccn4)c3)ccc1-2.Cc1ccc2c(c1)Cc1cc(-c3cc[c-]c(-c4ccccn4)c3)ccc1-2.[Ir+3]. The molecule has 0 radical (unpaired) electrons. The third-order valence-corrected chi connectivity index (χ3v) is 31.5. The maximum Gasteiger partial charge on any atom is 3.00 e. The van der Waals surface area contributed by atoms with Crippen LogP contribution in [-0.4, -0.2) is 15.0 Å². The number of nitrogens with zero attached hydrogens (tertiary/aromatic N) is 3. The number of pyridine rings is 3. The first-order chi connectivity index (χ1) is 72.0. The van der Waals surface area contributed by atoms with Gasteiger partial charge < -0.3 is 19.4 Å². The van der Waals surface area contributed by atoms with Crippen molar-refractivity contribution in [1.29, 1.82) is 0 Å². The second-order valence-corrected chi connectivity index (χ2v) is 41.5. The molecule has 4 heterocycles. The summed E-state index contributed by atoms with van der Waals surface area (Å²) < 4.78 is 7.13. The maximum absolute atomic E-state index is 7.13. The monoisotopic (exact) mass is 2070 g/mol. The van der Waals surface area contributed by atoms with Crippen LogP contribution in [0.3, 0.4) is 0 Å². The van der Waals surface area contributed by atoms with Crippen LogP contribution in [0.5, 0.6) is 0 Å². The predicted molar refractivity (Wildman–Crippen MR) is 608 cm³/mol. The second-order valence-electron chi connectivity index (χ2n) is 41.5. The molecule has 5 heteroatoms. The summed E-state index contributed by atoms with van der Waals surface area (Å²) in [4.78, 5) is 13.3. The minimum absolute atomic E-state index is 0. The van der Waals surface area contributed by atoms with Gasteiger partial charge in [-0.2, -0.15) is 0 Å². The first-order valence-electron chi connectivity index (χ1n) is 51.5. The zero-order chi connectivity index (χ0) is 98.3. The van der Waals surface area contributed by atoms with Crippen molar-refractivity contribution in [3.05, 3.63) is 542 Å². The van der Waals surface area contributed by atoms with Crippen LogP contribution in [0.1, 0.15) is 117 Å². The van der Waals surface area contributed by atoms with E-state index in [0.717, 1.165) is 101 Å². The third kappa shape index (κ3) is 16.8. The van der Waals surface area contributed by atoms with E-state index in [0.29, 0.717) is 0 Å². The van der Waals surface area contributed by atoms with Crippen LogP contribution >= 0.6 is 0 Å². The molecule has 19 aromatic carbocycles. The van der Waals surface area contributed by atoms with Gasteiger partial charge in [0.2, 0.25) is 0 Å². The van der Waals surface area contributed by atoms with E-state index in [1.165, 1.54) is 273 Å². The van der Waals surface area contributed by atoms with Gasteiger partial charge in [0.05, 0.1) is 0 Å². The minimum atomic E-state index is 0. The maximum atomic E-state index is 7.13. The Hall–Kier alpha value is -16.9. The summed E-state index contributed by atoms with van der Waals surface area (Å²) in [6, 6.07) is 153. The predicted octanol–water partition coefficient (Wildman–Crippen LogP) is 36.1. The van der Waals surface area contributed by atoms with Gasteiger partial charge in [-0.05, 0) is 370 Å². The quantitative estimate of drug-likeness (QED) is 0.128. The first kappa shape index (κ1) is 91.0. The van der Waals surface area contributed by atoms with Crippen LogP contribution in [0.2, 0.25) is 0 Å². The van der Waals surface area contributed by atoms with E-state index in [1.54, 1.807) is 0 Å². The van der Waals surface area contributed by atoms with E-state index < -0.39 is 0 Å². The Labute approximate surface area is 879 Å². The van der Waals surface area contributed by atoms with E-state index in [-0.39, 0.29) is 20.1 Å². The van der Waals surface area contributed by atoms with Crippen molar-refractivity contribution in [3.63, 3.8) is 0 Å². The van der Waals surface area contributed by atoms with Gasteiger partial charge in [-0.25, -0.2) is 0 Å². The number of rotatable bonds is 10. The van der Waals surface area contributed by atoms with Gasteiger partial charge >= 0.3 is 20.1 Å². The Morgan fingerprint density at radius 3 is 0.581 bits per heavy atom. The van der Waals surface area contributed by atoms with Crippen LogP contribution in [0.4, 0.5) is 0 Å². The second kappa shape index (κ2) is 37.3. The fourth-order valence-corrected chi connectivity index (χ4v) is 24.4. The molecule has 0 N–H and O–H groups in total. The molecular weight excluding hydrogens is 1970 g/mol. The van der Waals surface area contributed by atoms with Crippen molar-refractivity contribution in [2.75, 3.05) is 0 Å². The van der Waals surface area contributed by atoms with Gasteiger partial charge in [0.15, 0.2) is 0 Å². The van der Waals surface area contributed by atoms with Crippen LogP contribution in [-0.2, 0) is 65.1 Å². The molecule has 7 aliphatic rings. The van der Waals surface area contributed by atoms with Crippen molar-refractivity contribution in [3.8, 4) is 190 Å². The normalized spacial score (nSPS) is 12.5. The summed E-state index contributed by atoms with van der Waals surface area (Å²) >= 11 is 0. The van der Waals surface area contributed by atoms with Crippen molar-refractivity contribution in [2.45, 2.75) is 93.4 Å². The molecule has 0 saturated carbocycles. The smallest absolute Gasteiger partial charge is 0.456 e. The van der Waals surface area contributed by atoms with Crippen LogP contribution in [0.15, 0.2) is 411 Å². The molecule has 0 fully saturated rings. The van der Waals surface area contributed by atoms with Gasteiger partial charge in [0.1, 0.15) is 11.2 Å². The van der Waals surface area contributed by atoms with Crippen molar-refractivity contribution < 1.29 is 24.5 Å². The zero-order valence-electron chi connectivity index (χ0n) is 83.7. The average Bonchev–Trinajstić information content (AvgIpc) is 1.57. The molecule has 0 amide bonds. The van der Waals surface area contributed by atoms with Crippen molar-refractivity contribution in [1.82, 2.24) is 15.0 Å². The topological polar surface area (TPSA) is 51.8 Å². The van der Waals surface area contributed by atoms with Crippen molar-refractivity contribution >= 4 is 21.9 Å². The van der Waals surface area contributed by atoms with E-state index >= 15 is 0 Å². The van der Waals surface area contributed by atoms with Gasteiger partial charge in [0, 0.05) is 29.4 Å². The van der Waals surface area contributed by atoms with E-state index in [9.17, 15) is 0 Å². The standard InChI is InChI=1S/C68H48O.3C25H18N.Ir/c1-37-5-13-53-45(21-37)29-49-25-41(9-17-57(49)53)61-33-65-66-34-62(42-10-18-58-50(26-42)30-46-22-38(2)6-14-54(46)58)64(44-12-20-60-52(28-44)32-48-24-40(4)8-16-56(48)60)36-68(66)69-67(65)35-63(61)43-11-19-59-51(27-43)31-47-23-39(3)7-15-55(47)59;3*1-17-8-10-23-21(13-17)16-22-15-19(9-11-24(22)23)18-5-4-6-20(14-18)25-7-2-3-12-26-25;/h5-28,33-36H,29-32H2,1-4H3;3*2-5,7-15H,16H2,1H3;/q;3*-1;+3. The van der Waals surface area contributed by atoms with Gasteiger partial charge in [0.25, 0.3) is 0 Å². The fraction of sp³-hybridized carbons (Fsp3) is 0.0979.